The topological polar surface area (TPSA) is 88.2 Å². The van der Waals surface area contributed by atoms with Gasteiger partial charge in [-0.15, -0.1) is 0 Å². The van der Waals surface area contributed by atoms with Crippen LogP contribution in [0.5, 0.6) is 11.5 Å². The Morgan fingerprint density at radius 3 is 1.53 bits per heavy atom. The van der Waals surface area contributed by atoms with E-state index < -0.39 is 22.8 Å². The van der Waals surface area contributed by atoms with Gasteiger partial charge in [0.1, 0.15) is 11.6 Å². The fourth-order valence-electron chi connectivity index (χ4n) is 3.19. The Hall–Kier alpha value is -3.64. The molecule has 2 aromatic carbocycles. The van der Waals surface area contributed by atoms with Crippen LogP contribution in [0.4, 0.5) is 8.78 Å². The van der Waals surface area contributed by atoms with Gasteiger partial charge in [-0.2, -0.15) is 19.6 Å². The van der Waals surface area contributed by atoms with Crippen LogP contribution < -0.4 is 20.6 Å². The number of hydrogen-bond acceptors (Lipinski definition) is 8. The molecule has 186 valence electrons. The molecule has 0 radical (unpaired) electrons. The van der Waals surface area contributed by atoms with Crippen molar-refractivity contribution in [1.29, 1.82) is 0 Å². The minimum Gasteiger partial charge on any atom is -0.487 e. The molecule has 0 spiro atoms. The van der Waals surface area contributed by atoms with E-state index in [0.29, 0.717) is 9.79 Å². The highest BCUT2D eigenvalue weighted by Gasteiger charge is 2.19. The van der Waals surface area contributed by atoms with Crippen LogP contribution in [0.1, 0.15) is 13.8 Å². The van der Waals surface area contributed by atoms with E-state index in [9.17, 15) is 18.4 Å². The number of rotatable bonds is 9. The zero-order valence-corrected chi connectivity index (χ0v) is 20.8. The van der Waals surface area contributed by atoms with E-state index in [1.807, 2.05) is 0 Å². The van der Waals surface area contributed by atoms with Gasteiger partial charge in [0.25, 0.3) is 0 Å². The molecular formula is C24H20F2N4O4S2. The molecular weight excluding hydrogens is 510 g/mol. The molecule has 0 fully saturated rings. The molecule has 36 heavy (non-hydrogen) atoms. The molecule has 0 bridgehead atoms. The Morgan fingerprint density at radius 2 is 1.17 bits per heavy atom. The second kappa shape index (κ2) is 11.4. The van der Waals surface area contributed by atoms with Crippen molar-refractivity contribution in [3.63, 3.8) is 0 Å². The third-order valence-electron chi connectivity index (χ3n) is 4.71. The first kappa shape index (κ1) is 25.5. The van der Waals surface area contributed by atoms with Gasteiger partial charge in [0, 0.05) is 0 Å². The van der Waals surface area contributed by atoms with Gasteiger partial charge in [0.05, 0.1) is 46.8 Å². The molecule has 12 heteroatoms. The van der Waals surface area contributed by atoms with Crippen LogP contribution >= 0.6 is 21.6 Å². The molecule has 0 atom stereocenters. The Labute approximate surface area is 212 Å². The van der Waals surface area contributed by atoms with Crippen molar-refractivity contribution in [2.75, 3.05) is 13.2 Å². The summed E-state index contributed by atoms with van der Waals surface area (Å²) < 4.78 is 40.6. The number of aromatic nitrogens is 4. The van der Waals surface area contributed by atoms with Crippen molar-refractivity contribution in [2.24, 2.45) is 0 Å². The van der Waals surface area contributed by atoms with Gasteiger partial charge < -0.3 is 9.47 Å². The quantitative estimate of drug-likeness (QED) is 0.289. The van der Waals surface area contributed by atoms with Crippen LogP contribution in [-0.2, 0) is 0 Å². The lowest BCUT2D eigenvalue weighted by Crippen LogP contribution is -2.24. The molecule has 0 amide bonds. The Bertz CT molecular complexity index is 1400. The summed E-state index contributed by atoms with van der Waals surface area (Å²) in [4.78, 5) is 26.9. The second-order valence-electron chi connectivity index (χ2n) is 7.10. The predicted octanol–water partition coefficient (Wildman–Crippen LogP) is 4.65. The maximum absolute atomic E-state index is 13.7. The van der Waals surface area contributed by atoms with Crippen molar-refractivity contribution in [3.8, 4) is 22.9 Å². The lowest BCUT2D eigenvalue weighted by Gasteiger charge is -2.13. The SMILES string of the molecule is CCOc1c(SSc2cnn(-c3cccc(F)c3)c(=O)c2OCC)cnn(-c2cccc(F)c2)c1=O. The maximum Gasteiger partial charge on any atom is 0.315 e. The van der Waals surface area contributed by atoms with Gasteiger partial charge in [-0.05, 0) is 71.8 Å². The number of benzene rings is 2. The molecule has 0 unspecified atom stereocenters. The summed E-state index contributed by atoms with van der Waals surface area (Å²) in [6, 6.07) is 11.0. The van der Waals surface area contributed by atoms with Gasteiger partial charge in [-0.25, -0.2) is 8.78 Å². The lowest BCUT2D eigenvalue weighted by molar-refractivity contribution is 0.323. The number of ether oxygens (including phenoxy) is 2. The molecule has 4 rings (SSSR count). The molecule has 2 heterocycles. The normalized spacial score (nSPS) is 10.9. The lowest BCUT2D eigenvalue weighted by atomic mass is 10.3. The summed E-state index contributed by atoms with van der Waals surface area (Å²) in [5.74, 6) is -0.934. The van der Waals surface area contributed by atoms with E-state index in [2.05, 4.69) is 10.2 Å². The van der Waals surface area contributed by atoms with E-state index in [0.717, 1.165) is 31.0 Å². The Balaban J connectivity index is 1.68. The molecule has 0 N–H and O–H groups in total. The highest BCUT2D eigenvalue weighted by Crippen LogP contribution is 2.42. The molecule has 4 aromatic rings. The summed E-state index contributed by atoms with van der Waals surface area (Å²) in [7, 11) is 2.26. The minimum absolute atomic E-state index is 0.0354. The smallest absolute Gasteiger partial charge is 0.315 e. The summed E-state index contributed by atoms with van der Waals surface area (Å²) in [5.41, 5.74) is -0.599. The van der Waals surface area contributed by atoms with E-state index in [-0.39, 0.29) is 36.1 Å². The standard InChI is InChI=1S/C24H20F2N4O4S2/c1-3-33-21-19(13-27-29(23(21)31)17-9-5-7-15(25)11-17)35-36-20-14-28-30(24(32)22(20)34-4-2)18-10-6-8-16(26)12-18/h5-14H,3-4H2,1-2H3. The number of nitrogens with zero attached hydrogens (tertiary/aromatic N) is 4. The average molecular weight is 531 g/mol. The molecule has 8 nitrogen and oxygen atoms in total. The van der Waals surface area contributed by atoms with Gasteiger partial charge in [-0.3, -0.25) is 9.59 Å². The van der Waals surface area contributed by atoms with E-state index >= 15 is 0 Å². The molecule has 0 aliphatic heterocycles. The van der Waals surface area contributed by atoms with Crippen molar-refractivity contribution < 1.29 is 18.3 Å². The largest absolute Gasteiger partial charge is 0.487 e. The van der Waals surface area contributed by atoms with Gasteiger partial charge >= 0.3 is 11.1 Å². The first-order valence-corrected chi connectivity index (χ1v) is 12.9. The second-order valence-corrected chi connectivity index (χ2v) is 9.32. The van der Waals surface area contributed by atoms with E-state index in [1.165, 1.54) is 48.8 Å². The highest BCUT2D eigenvalue weighted by molar-refractivity contribution is 8.76. The third kappa shape index (κ3) is 5.44. The highest BCUT2D eigenvalue weighted by atomic mass is 33.1. The molecule has 0 saturated carbocycles. The summed E-state index contributed by atoms with van der Waals surface area (Å²) in [6.07, 6.45) is 2.85. The van der Waals surface area contributed by atoms with Crippen LogP contribution in [0.3, 0.4) is 0 Å². The Kier molecular flexibility index (Phi) is 8.06. The number of hydrogen-bond donors (Lipinski definition) is 0. The van der Waals surface area contributed by atoms with E-state index in [4.69, 9.17) is 9.47 Å². The molecule has 0 saturated heterocycles. The van der Waals surface area contributed by atoms with Gasteiger partial charge in [0.2, 0.25) is 11.5 Å². The van der Waals surface area contributed by atoms with Crippen LogP contribution in [0.15, 0.2) is 80.3 Å². The molecule has 2 aromatic heterocycles. The Morgan fingerprint density at radius 1 is 0.750 bits per heavy atom. The fourth-order valence-corrected chi connectivity index (χ4v) is 5.25. The van der Waals surface area contributed by atoms with Gasteiger partial charge in [-0.1, -0.05) is 12.1 Å². The van der Waals surface area contributed by atoms with Crippen LogP contribution in [-0.4, -0.2) is 32.8 Å². The summed E-state index contributed by atoms with van der Waals surface area (Å²) >= 11 is 0. The fraction of sp³-hybridized carbons (Fsp3) is 0.167. The third-order valence-corrected chi connectivity index (χ3v) is 7.06. The van der Waals surface area contributed by atoms with Crippen LogP contribution in [0.2, 0.25) is 0 Å². The van der Waals surface area contributed by atoms with Crippen molar-refractivity contribution >= 4 is 21.6 Å². The predicted molar refractivity (Wildman–Crippen MR) is 134 cm³/mol. The minimum atomic E-state index is -0.558. The van der Waals surface area contributed by atoms with Crippen LogP contribution in [0, 0.1) is 11.6 Å². The van der Waals surface area contributed by atoms with Crippen LogP contribution in [0.25, 0.3) is 11.4 Å². The number of halogens is 2. The summed E-state index contributed by atoms with van der Waals surface area (Å²) in [5, 5.41) is 8.32. The van der Waals surface area contributed by atoms with Crippen molar-refractivity contribution in [2.45, 2.75) is 23.6 Å². The monoisotopic (exact) mass is 530 g/mol. The zero-order valence-electron chi connectivity index (χ0n) is 19.2. The zero-order chi connectivity index (χ0) is 25.7. The van der Waals surface area contributed by atoms with Crippen molar-refractivity contribution in [1.82, 2.24) is 19.6 Å². The molecule has 0 aliphatic carbocycles. The molecule has 0 aliphatic rings. The van der Waals surface area contributed by atoms with Gasteiger partial charge in [0.15, 0.2) is 0 Å². The first-order valence-electron chi connectivity index (χ1n) is 10.8. The summed E-state index contributed by atoms with van der Waals surface area (Å²) in [6.45, 7) is 3.90. The first-order chi connectivity index (χ1) is 17.4. The average Bonchev–Trinajstić information content (AvgIpc) is 2.86. The van der Waals surface area contributed by atoms with E-state index in [1.54, 1.807) is 26.0 Å². The van der Waals surface area contributed by atoms with Crippen molar-refractivity contribution in [3.05, 3.63) is 93.3 Å². The maximum atomic E-state index is 13.7.